The number of carbonyl (C=O) groups is 1. The fraction of sp³-hybridized carbons (Fsp3) is 0.182. The zero-order valence-electron chi connectivity index (χ0n) is 9.00. The molecule has 1 aliphatic rings. The molecule has 0 saturated heterocycles. The van der Waals surface area contributed by atoms with Crippen LogP contribution in [0.25, 0.3) is 6.08 Å². The van der Waals surface area contributed by atoms with Crippen molar-refractivity contribution >= 4 is 21.9 Å². The molecule has 0 amide bonds. The van der Waals surface area contributed by atoms with Crippen molar-refractivity contribution in [2.45, 2.75) is 11.3 Å². The molecule has 90 valence electrons. The van der Waals surface area contributed by atoms with E-state index in [1.165, 1.54) is 25.3 Å². The number of fused-ring (bicyclic) bond motifs is 1. The summed E-state index contributed by atoms with van der Waals surface area (Å²) in [5.41, 5.74) is 0.473. The van der Waals surface area contributed by atoms with Gasteiger partial charge < -0.3 is 9.84 Å². The lowest BCUT2D eigenvalue weighted by atomic mass is 10.2. The van der Waals surface area contributed by atoms with Crippen molar-refractivity contribution in [3.8, 4) is 5.75 Å². The van der Waals surface area contributed by atoms with Crippen LogP contribution in [-0.2, 0) is 14.6 Å². The lowest BCUT2D eigenvalue weighted by molar-refractivity contribution is -0.136. The highest BCUT2D eigenvalue weighted by Crippen LogP contribution is 2.36. The van der Waals surface area contributed by atoms with Crippen molar-refractivity contribution < 1.29 is 23.1 Å². The maximum absolute atomic E-state index is 11.9. The second-order valence-electron chi connectivity index (χ2n) is 3.59. The van der Waals surface area contributed by atoms with Gasteiger partial charge in [0.05, 0.1) is 23.3 Å². The number of methoxy groups -OCH3 is 1. The van der Waals surface area contributed by atoms with Crippen LogP contribution in [0.1, 0.15) is 12.0 Å². The van der Waals surface area contributed by atoms with Crippen molar-refractivity contribution in [1.29, 1.82) is 0 Å². The second kappa shape index (κ2) is 3.89. The molecule has 0 saturated carbocycles. The molecule has 0 unspecified atom stereocenters. The number of aliphatic carboxylic acids is 1. The molecule has 0 bridgehead atoms. The third-order valence-electron chi connectivity index (χ3n) is 2.49. The van der Waals surface area contributed by atoms with Crippen LogP contribution >= 0.6 is 0 Å². The van der Waals surface area contributed by atoms with Gasteiger partial charge in [-0.05, 0) is 29.8 Å². The second-order valence-corrected chi connectivity index (χ2v) is 5.56. The van der Waals surface area contributed by atoms with Gasteiger partial charge in [0, 0.05) is 0 Å². The molecule has 0 aromatic heterocycles. The first-order chi connectivity index (χ1) is 7.95. The van der Waals surface area contributed by atoms with Crippen LogP contribution in [0, 0.1) is 0 Å². The van der Waals surface area contributed by atoms with E-state index in [1.807, 2.05) is 0 Å². The number of sulfone groups is 1. The molecule has 2 rings (SSSR count). The Morgan fingerprint density at radius 1 is 1.41 bits per heavy atom. The van der Waals surface area contributed by atoms with Crippen LogP contribution < -0.4 is 4.74 Å². The summed E-state index contributed by atoms with van der Waals surface area (Å²) in [6.07, 6.45) is 0.876. The topological polar surface area (TPSA) is 80.7 Å². The minimum absolute atomic E-state index is 0.0896. The normalized spacial score (nSPS) is 16.2. The average Bonchev–Trinajstić information content (AvgIpc) is 2.49. The highest BCUT2D eigenvalue weighted by atomic mass is 32.2. The predicted molar refractivity (Wildman–Crippen MR) is 60.4 cm³/mol. The number of rotatable bonds is 3. The van der Waals surface area contributed by atoms with Gasteiger partial charge in [0.1, 0.15) is 5.75 Å². The number of benzene rings is 1. The maximum Gasteiger partial charge on any atom is 0.308 e. The number of carboxylic acid groups (broad SMARTS) is 1. The van der Waals surface area contributed by atoms with Crippen LogP contribution in [0.4, 0.5) is 0 Å². The Morgan fingerprint density at radius 3 is 2.71 bits per heavy atom. The summed E-state index contributed by atoms with van der Waals surface area (Å²) in [5.74, 6) is -0.633. The fourth-order valence-electron chi connectivity index (χ4n) is 1.70. The monoisotopic (exact) mass is 254 g/mol. The Kier molecular flexibility index (Phi) is 2.66. The molecule has 1 heterocycles. The molecule has 1 aromatic carbocycles. The Bertz CT molecular complexity index is 613. The SMILES string of the molecule is COc1ccc2c(c1)C=C(CC(=O)O)S2(=O)=O. The number of ether oxygens (including phenoxy) is 1. The van der Waals surface area contributed by atoms with Crippen molar-refractivity contribution in [3.05, 3.63) is 28.7 Å². The van der Waals surface area contributed by atoms with Gasteiger partial charge in [0.25, 0.3) is 0 Å². The standard InChI is InChI=1S/C11H10O5S/c1-16-8-2-3-10-7(4-8)5-9(6-11(12)13)17(10,14)15/h2-5H,6H2,1H3,(H,12,13). The maximum atomic E-state index is 11.9. The Labute approximate surface area is 98.3 Å². The minimum Gasteiger partial charge on any atom is -0.497 e. The molecule has 1 N–H and O–H groups in total. The molecular formula is C11H10O5S. The molecular weight excluding hydrogens is 244 g/mol. The van der Waals surface area contributed by atoms with Gasteiger partial charge >= 0.3 is 5.97 Å². The van der Waals surface area contributed by atoms with Crippen LogP contribution in [-0.4, -0.2) is 26.6 Å². The molecule has 0 aliphatic carbocycles. The smallest absolute Gasteiger partial charge is 0.308 e. The summed E-state index contributed by atoms with van der Waals surface area (Å²) >= 11 is 0. The van der Waals surface area contributed by atoms with Crippen molar-refractivity contribution in [2.24, 2.45) is 0 Å². The lowest BCUT2D eigenvalue weighted by Crippen LogP contribution is -2.05. The number of hydrogen-bond donors (Lipinski definition) is 1. The first kappa shape index (κ1) is 11.7. The van der Waals surface area contributed by atoms with E-state index in [4.69, 9.17) is 9.84 Å². The zero-order valence-corrected chi connectivity index (χ0v) is 9.82. The lowest BCUT2D eigenvalue weighted by Gasteiger charge is -2.03. The first-order valence-corrected chi connectivity index (χ1v) is 6.29. The van der Waals surface area contributed by atoms with Crippen LogP contribution in [0.3, 0.4) is 0 Å². The third-order valence-corrected chi connectivity index (χ3v) is 4.40. The summed E-state index contributed by atoms with van der Waals surface area (Å²) in [4.78, 5) is 10.6. The van der Waals surface area contributed by atoms with Gasteiger partial charge in [-0.3, -0.25) is 4.79 Å². The molecule has 0 fully saturated rings. The van der Waals surface area contributed by atoms with E-state index in [2.05, 4.69) is 0 Å². The molecule has 5 nitrogen and oxygen atoms in total. The molecule has 1 aromatic rings. The van der Waals surface area contributed by atoms with Gasteiger partial charge in [0.2, 0.25) is 9.84 Å². The molecule has 0 radical (unpaired) electrons. The van der Waals surface area contributed by atoms with E-state index in [1.54, 1.807) is 6.07 Å². The summed E-state index contributed by atoms with van der Waals surface area (Å²) in [6.45, 7) is 0. The van der Waals surface area contributed by atoms with Crippen molar-refractivity contribution in [3.63, 3.8) is 0 Å². The summed E-state index contributed by atoms with van der Waals surface area (Å²) < 4.78 is 28.9. The molecule has 0 spiro atoms. The van der Waals surface area contributed by atoms with Gasteiger partial charge in [-0.2, -0.15) is 0 Å². The van der Waals surface area contributed by atoms with Crippen LogP contribution in [0.2, 0.25) is 0 Å². The fourth-order valence-corrected chi connectivity index (χ4v) is 3.25. The van der Waals surface area contributed by atoms with E-state index in [9.17, 15) is 13.2 Å². The first-order valence-electron chi connectivity index (χ1n) is 4.80. The molecule has 0 atom stereocenters. The molecule has 17 heavy (non-hydrogen) atoms. The Hall–Kier alpha value is -1.82. The highest BCUT2D eigenvalue weighted by molar-refractivity contribution is 7.95. The summed E-state index contributed by atoms with van der Waals surface area (Å²) in [6, 6.07) is 4.53. The highest BCUT2D eigenvalue weighted by Gasteiger charge is 2.30. The van der Waals surface area contributed by atoms with E-state index < -0.39 is 22.2 Å². The van der Waals surface area contributed by atoms with E-state index in [-0.39, 0.29) is 9.80 Å². The number of carboxylic acids is 1. The van der Waals surface area contributed by atoms with E-state index in [0.29, 0.717) is 11.3 Å². The van der Waals surface area contributed by atoms with Gasteiger partial charge in [0.15, 0.2) is 0 Å². The Balaban J connectivity index is 2.53. The quantitative estimate of drug-likeness (QED) is 0.879. The van der Waals surface area contributed by atoms with Gasteiger partial charge in [-0.25, -0.2) is 8.42 Å². The minimum atomic E-state index is -3.64. The van der Waals surface area contributed by atoms with Crippen molar-refractivity contribution in [2.75, 3.05) is 7.11 Å². The largest absolute Gasteiger partial charge is 0.497 e. The van der Waals surface area contributed by atoms with E-state index >= 15 is 0 Å². The molecule has 6 heteroatoms. The predicted octanol–water partition coefficient (Wildman–Crippen LogP) is 1.30. The summed E-state index contributed by atoms with van der Waals surface area (Å²) in [7, 11) is -2.16. The summed E-state index contributed by atoms with van der Waals surface area (Å²) in [5, 5.41) is 8.66. The van der Waals surface area contributed by atoms with Crippen LogP contribution in [0.5, 0.6) is 5.75 Å². The number of hydrogen-bond acceptors (Lipinski definition) is 4. The van der Waals surface area contributed by atoms with E-state index in [0.717, 1.165) is 0 Å². The Morgan fingerprint density at radius 2 is 2.12 bits per heavy atom. The van der Waals surface area contributed by atoms with Gasteiger partial charge in [-0.15, -0.1) is 0 Å². The van der Waals surface area contributed by atoms with Gasteiger partial charge in [-0.1, -0.05) is 0 Å². The molecule has 1 aliphatic heterocycles. The average molecular weight is 254 g/mol. The van der Waals surface area contributed by atoms with Crippen molar-refractivity contribution in [1.82, 2.24) is 0 Å². The zero-order chi connectivity index (χ0) is 12.6. The third kappa shape index (κ3) is 1.91. The van der Waals surface area contributed by atoms with Crippen LogP contribution in [0.15, 0.2) is 28.0 Å².